The first-order chi connectivity index (χ1) is 7.98. The Bertz CT molecular complexity index is 386. The average Bonchev–Trinajstić information content (AvgIpc) is 2.29. The molecule has 0 radical (unpaired) electrons. The fraction of sp³-hybridized carbons (Fsp3) is 0.500. The number of ether oxygens (including phenoxy) is 1. The topological polar surface area (TPSA) is 38.3 Å². The van der Waals surface area contributed by atoms with Gasteiger partial charge in [0.25, 0.3) is 5.91 Å². The van der Waals surface area contributed by atoms with E-state index in [9.17, 15) is 4.79 Å². The Kier molecular flexibility index (Phi) is 4.55. The zero-order chi connectivity index (χ0) is 12.9. The molecule has 0 aliphatic heterocycles. The Morgan fingerprint density at radius 3 is 2.65 bits per heavy atom. The summed E-state index contributed by atoms with van der Waals surface area (Å²) in [4.78, 5) is 12.0. The van der Waals surface area contributed by atoms with Gasteiger partial charge in [-0.3, -0.25) is 4.79 Å². The van der Waals surface area contributed by atoms with Gasteiger partial charge in [0.2, 0.25) is 0 Å². The predicted octanol–water partition coefficient (Wildman–Crippen LogP) is 3.00. The maximum Gasteiger partial charge on any atom is 0.251 e. The standard InChI is InChI=1S/C14H21NO2/c1-5-14(3,4)15-13(16)11-8-7-9-12(10-11)17-6-2/h7-10H,5-6H2,1-4H3,(H,15,16). The Balaban J connectivity index is 2.78. The van der Waals surface area contributed by atoms with Crippen molar-refractivity contribution in [3.63, 3.8) is 0 Å². The van der Waals surface area contributed by atoms with Crippen molar-refractivity contribution < 1.29 is 9.53 Å². The summed E-state index contributed by atoms with van der Waals surface area (Å²) in [5.41, 5.74) is 0.455. The molecule has 1 N–H and O–H groups in total. The van der Waals surface area contributed by atoms with Crippen LogP contribution in [0.15, 0.2) is 24.3 Å². The first-order valence-electron chi connectivity index (χ1n) is 6.04. The van der Waals surface area contributed by atoms with E-state index in [0.717, 1.165) is 12.2 Å². The van der Waals surface area contributed by atoms with Crippen molar-refractivity contribution in [1.82, 2.24) is 5.32 Å². The molecule has 0 unspecified atom stereocenters. The highest BCUT2D eigenvalue weighted by molar-refractivity contribution is 5.95. The van der Waals surface area contributed by atoms with Crippen molar-refractivity contribution in [2.75, 3.05) is 6.61 Å². The van der Waals surface area contributed by atoms with Crippen LogP contribution in [0, 0.1) is 0 Å². The molecule has 0 atom stereocenters. The van der Waals surface area contributed by atoms with Crippen LogP contribution in [-0.4, -0.2) is 18.1 Å². The van der Waals surface area contributed by atoms with Crippen LogP contribution in [-0.2, 0) is 0 Å². The number of benzene rings is 1. The van der Waals surface area contributed by atoms with E-state index in [1.165, 1.54) is 0 Å². The summed E-state index contributed by atoms with van der Waals surface area (Å²) >= 11 is 0. The molecule has 1 aromatic rings. The Labute approximate surface area is 103 Å². The van der Waals surface area contributed by atoms with Gasteiger partial charge in [0, 0.05) is 11.1 Å². The van der Waals surface area contributed by atoms with Gasteiger partial charge in [0.1, 0.15) is 5.75 Å². The quantitative estimate of drug-likeness (QED) is 0.852. The molecule has 1 rings (SSSR count). The van der Waals surface area contributed by atoms with Crippen LogP contribution < -0.4 is 10.1 Å². The number of nitrogens with one attached hydrogen (secondary N) is 1. The Morgan fingerprint density at radius 2 is 2.06 bits per heavy atom. The van der Waals surface area contributed by atoms with Crippen LogP contribution in [0.25, 0.3) is 0 Å². The second-order valence-corrected chi connectivity index (χ2v) is 4.65. The first-order valence-corrected chi connectivity index (χ1v) is 6.04. The molecule has 0 aliphatic carbocycles. The highest BCUT2D eigenvalue weighted by atomic mass is 16.5. The van der Waals surface area contributed by atoms with Crippen LogP contribution >= 0.6 is 0 Å². The third-order valence-corrected chi connectivity index (χ3v) is 2.74. The second-order valence-electron chi connectivity index (χ2n) is 4.65. The lowest BCUT2D eigenvalue weighted by Gasteiger charge is -2.24. The van der Waals surface area contributed by atoms with E-state index < -0.39 is 0 Å². The molecule has 0 aliphatic rings. The van der Waals surface area contributed by atoms with Crippen LogP contribution in [0.4, 0.5) is 0 Å². The SMILES string of the molecule is CCOc1cccc(C(=O)NC(C)(C)CC)c1. The lowest BCUT2D eigenvalue weighted by molar-refractivity contribution is 0.0911. The van der Waals surface area contributed by atoms with E-state index in [0.29, 0.717) is 12.2 Å². The van der Waals surface area contributed by atoms with Crippen molar-refractivity contribution in [2.24, 2.45) is 0 Å². The second kappa shape index (κ2) is 5.71. The average molecular weight is 235 g/mol. The van der Waals surface area contributed by atoms with Crippen molar-refractivity contribution in [1.29, 1.82) is 0 Å². The lowest BCUT2D eigenvalue weighted by atomic mass is 10.0. The molecule has 3 nitrogen and oxygen atoms in total. The van der Waals surface area contributed by atoms with Crippen LogP contribution in [0.1, 0.15) is 44.5 Å². The van der Waals surface area contributed by atoms with Gasteiger partial charge in [-0.25, -0.2) is 0 Å². The molecule has 0 fully saturated rings. The van der Waals surface area contributed by atoms with Gasteiger partial charge in [-0.2, -0.15) is 0 Å². The van der Waals surface area contributed by atoms with E-state index in [4.69, 9.17) is 4.74 Å². The van der Waals surface area contributed by atoms with Crippen LogP contribution in [0.2, 0.25) is 0 Å². The molecule has 0 saturated carbocycles. The minimum Gasteiger partial charge on any atom is -0.494 e. The monoisotopic (exact) mass is 235 g/mol. The molecule has 3 heteroatoms. The highest BCUT2D eigenvalue weighted by Gasteiger charge is 2.18. The zero-order valence-electron chi connectivity index (χ0n) is 11.0. The highest BCUT2D eigenvalue weighted by Crippen LogP contribution is 2.15. The summed E-state index contributed by atoms with van der Waals surface area (Å²) in [5.74, 6) is 0.674. The maximum atomic E-state index is 12.0. The zero-order valence-corrected chi connectivity index (χ0v) is 11.0. The van der Waals surface area contributed by atoms with Crippen LogP contribution in [0.3, 0.4) is 0 Å². The van der Waals surface area contributed by atoms with Crippen molar-refractivity contribution in [3.8, 4) is 5.75 Å². The number of hydrogen-bond acceptors (Lipinski definition) is 2. The van der Waals surface area contributed by atoms with Gasteiger partial charge in [0.05, 0.1) is 6.61 Å². The van der Waals surface area contributed by atoms with E-state index >= 15 is 0 Å². The van der Waals surface area contributed by atoms with Gasteiger partial charge < -0.3 is 10.1 Å². The molecule has 94 valence electrons. The van der Waals surface area contributed by atoms with E-state index in [-0.39, 0.29) is 11.4 Å². The Hall–Kier alpha value is -1.51. The number of carbonyl (C=O) groups is 1. The molecule has 0 spiro atoms. The van der Waals surface area contributed by atoms with E-state index in [1.807, 2.05) is 32.9 Å². The molecular weight excluding hydrogens is 214 g/mol. The predicted molar refractivity (Wildman–Crippen MR) is 69.4 cm³/mol. The van der Waals surface area contributed by atoms with E-state index in [1.54, 1.807) is 12.1 Å². The van der Waals surface area contributed by atoms with Crippen molar-refractivity contribution in [2.45, 2.75) is 39.7 Å². The van der Waals surface area contributed by atoms with Gasteiger partial charge in [-0.1, -0.05) is 13.0 Å². The summed E-state index contributed by atoms with van der Waals surface area (Å²) in [6.07, 6.45) is 0.893. The summed E-state index contributed by atoms with van der Waals surface area (Å²) < 4.78 is 5.37. The Morgan fingerprint density at radius 1 is 1.35 bits per heavy atom. The summed E-state index contributed by atoms with van der Waals surface area (Å²) in [7, 11) is 0. The molecule has 1 amide bonds. The fourth-order valence-corrected chi connectivity index (χ4v) is 1.36. The minimum absolute atomic E-state index is 0.0570. The normalized spacial score (nSPS) is 11.1. The molecule has 0 aromatic heterocycles. The largest absolute Gasteiger partial charge is 0.494 e. The number of carbonyl (C=O) groups excluding carboxylic acids is 1. The van der Waals surface area contributed by atoms with Crippen molar-refractivity contribution in [3.05, 3.63) is 29.8 Å². The fourth-order valence-electron chi connectivity index (χ4n) is 1.36. The van der Waals surface area contributed by atoms with Gasteiger partial charge in [-0.05, 0) is 45.4 Å². The molecule has 0 saturated heterocycles. The summed E-state index contributed by atoms with van der Waals surface area (Å²) in [5, 5.41) is 3.00. The molecule has 17 heavy (non-hydrogen) atoms. The maximum absolute atomic E-state index is 12.0. The summed E-state index contributed by atoms with van der Waals surface area (Å²) in [6, 6.07) is 7.25. The molecule has 1 aromatic carbocycles. The number of amides is 1. The number of hydrogen-bond donors (Lipinski definition) is 1. The molecule has 0 bridgehead atoms. The molecular formula is C14H21NO2. The van der Waals surface area contributed by atoms with Crippen LogP contribution in [0.5, 0.6) is 5.75 Å². The lowest BCUT2D eigenvalue weighted by Crippen LogP contribution is -2.42. The van der Waals surface area contributed by atoms with Gasteiger partial charge >= 0.3 is 0 Å². The number of rotatable bonds is 5. The van der Waals surface area contributed by atoms with Gasteiger partial charge in [-0.15, -0.1) is 0 Å². The molecule has 0 heterocycles. The third-order valence-electron chi connectivity index (χ3n) is 2.74. The summed E-state index contributed by atoms with van der Waals surface area (Å²) in [6.45, 7) is 8.60. The van der Waals surface area contributed by atoms with Gasteiger partial charge in [0.15, 0.2) is 0 Å². The third kappa shape index (κ3) is 4.10. The van der Waals surface area contributed by atoms with Crippen molar-refractivity contribution >= 4 is 5.91 Å². The smallest absolute Gasteiger partial charge is 0.251 e. The minimum atomic E-state index is -0.182. The first kappa shape index (κ1) is 13.6. The van der Waals surface area contributed by atoms with E-state index in [2.05, 4.69) is 12.2 Å².